The molecule has 1 aromatic carbocycles. The first-order valence-electron chi connectivity index (χ1n) is 15.0. The van der Waals surface area contributed by atoms with Crippen molar-refractivity contribution in [1.82, 2.24) is 29.5 Å². The Kier molecular flexibility index (Phi) is 10.7. The highest BCUT2D eigenvalue weighted by atomic mass is 79.9. The number of alkyl carbamates (subject to hydrolysis) is 1. The van der Waals surface area contributed by atoms with Crippen LogP contribution in [0.15, 0.2) is 52.7 Å². The number of fused-ring (bicyclic) bond motifs is 1. The number of hydrogen-bond donors (Lipinski definition) is 2. The number of nitrogens with one attached hydrogen (secondary N) is 2. The largest absolute Gasteiger partial charge is 0.492 e. The number of halogens is 1. The van der Waals surface area contributed by atoms with Gasteiger partial charge in [0, 0.05) is 68.5 Å². The maximum absolute atomic E-state index is 12.6. The molecule has 0 unspecified atom stereocenters. The summed E-state index contributed by atoms with van der Waals surface area (Å²) in [5.41, 5.74) is 4.95. The van der Waals surface area contributed by atoms with Crippen LogP contribution in [0.2, 0.25) is 0 Å². The van der Waals surface area contributed by atoms with Crippen LogP contribution < -0.4 is 15.4 Å². The predicted octanol–water partition coefficient (Wildman–Crippen LogP) is 5.58. The van der Waals surface area contributed by atoms with Gasteiger partial charge in [-0.2, -0.15) is 0 Å². The minimum Gasteiger partial charge on any atom is -0.492 e. The zero-order valence-electron chi connectivity index (χ0n) is 26.1. The number of hydrogen-bond acceptors (Lipinski definition) is 9. The summed E-state index contributed by atoms with van der Waals surface area (Å²) in [7, 11) is 0. The quantitative estimate of drug-likeness (QED) is 0.209. The lowest BCUT2D eigenvalue weighted by atomic mass is 10.1. The highest BCUT2D eigenvalue weighted by Crippen LogP contribution is 2.32. The molecular formula is C32H40BrN7O4S. The average Bonchev–Trinajstić information content (AvgIpc) is 3.60. The topological polar surface area (TPSA) is 113 Å². The number of thiazole rings is 1. The van der Waals surface area contributed by atoms with Gasteiger partial charge in [-0.1, -0.05) is 12.1 Å². The first kappa shape index (κ1) is 32.9. The van der Waals surface area contributed by atoms with Gasteiger partial charge < -0.3 is 29.4 Å². The molecule has 1 aliphatic heterocycles. The molecule has 0 atom stereocenters. The zero-order chi connectivity index (χ0) is 32.0. The minimum absolute atomic E-state index is 0.0407. The summed E-state index contributed by atoms with van der Waals surface area (Å²) < 4.78 is 14.5. The van der Waals surface area contributed by atoms with Gasteiger partial charge in [-0.05, 0) is 67.4 Å². The van der Waals surface area contributed by atoms with E-state index in [4.69, 9.17) is 9.47 Å². The molecule has 0 bridgehead atoms. The van der Waals surface area contributed by atoms with Crippen molar-refractivity contribution in [2.24, 2.45) is 0 Å². The molecule has 1 saturated heterocycles. The fraction of sp³-hybridized carbons (Fsp3) is 0.438. The van der Waals surface area contributed by atoms with Crippen LogP contribution in [0.4, 0.5) is 10.6 Å². The first-order chi connectivity index (χ1) is 21.5. The van der Waals surface area contributed by atoms with E-state index in [2.05, 4.69) is 46.3 Å². The summed E-state index contributed by atoms with van der Waals surface area (Å²) in [6, 6.07) is 9.88. The van der Waals surface area contributed by atoms with E-state index in [9.17, 15) is 9.59 Å². The van der Waals surface area contributed by atoms with Gasteiger partial charge in [0.2, 0.25) is 5.91 Å². The van der Waals surface area contributed by atoms with Crippen LogP contribution in [-0.4, -0.2) is 87.6 Å². The fourth-order valence-corrected chi connectivity index (χ4v) is 6.20. The number of rotatable bonds is 11. The molecule has 0 saturated carbocycles. The van der Waals surface area contributed by atoms with E-state index >= 15 is 0 Å². The van der Waals surface area contributed by atoms with Crippen molar-refractivity contribution in [1.29, 1.82) is 0 Å². The Bertz CT molecular complexity index is 1630. The van der Waals surface area contributed by atoms with Crippen molar-refractivity contribution >= 4 is 50.7 Å². The van der Waals surface area contributed by atoms with Crippen molar-refractivity contribution in [3.05, 3.63) is 64.0 Å². The second-order valence-corrected chi connectivity index (χ2v) is 13.8. The third-order valence-corrected chi connectivity index (χ3v) is 8.81. The smallest absolute Gasteiger partial charge is 0.407 e. The monoisotopic (exact) mass is 697 g/mol. The number of amides is 2. The molecule has 2 amide bonds. The van der Waals surface area contributed by atoms with E-state index in [-0.39, 0.29) is 5.91 Å². The van der Waals surface area contributed by atoms with Crippen LogP contribution in [0.3, 0.4) is 0 Å². The Morgan fingerprint density at radius 2 is 1.80 bits per heavy atom. The molecule has 11 nitrogen and oxygen atoms in total. The standard InChI is InChI=1S/C32H40BrN7O4S/c1-22-30(45-21-35-22)23-5-6-24(18-34-31(42)44-32(2,3)4)26(17-23)43-16-15-39-13-11-38(12-14-39)10-9-29(41)37-27-20-40-19-25(33)7-8-28(40)36-27/h5-8,17,19-21H,9-16,18H2,1-4H3,(H,34,42)(H,37,41). The summed E-state index contributed by atoms with van der Waals surface area (Å²) in [4.78, 5) is 39.5. The van der Waals surface area contributed by atoms with Gasteiger partial charge in [-0.25, -0.2) is 14.8 Å². The van der Waals surface area contributed by atoms with Crippen molar-refractivity contribution in [3.63, 3.8) is 0 Å². The number of benzene rings is 1. The Labute approximate surface area is 276 Å². The molecule has 2 N–H and O–H groups in total. The zero-order valence-corrected chi connectivity index (χ0v) is 28.5. The van der Waals surface area contributed by atoms with Crippen LogP contribution in [0, 0.1) is 6.92 Å². The molecule has 13 heteroatoms. The molecule has 1 fully saturated rings. The van der Waals surface area contributed by atoms with Gasteiger partial charge >= 0.3 is 6.09 Å². The lowest BCUT2D eigenvalue weighted by molar-refractivity contribution is -0.116. The molecule has 4 aromatic rings. The van der Waals surface area contributed by atoms with Gasteiger partial charge in [0.05, 0.1) is 22.3 Å². The van der Waals surface area contributed by atoms with Crippen LogP contribution in [0.5, 0.6) is 5.75 Å². The van der Waals surface area contributed by atoms with Crippen molar-refractivity contribution < 1.29 is 19.1 Å². The van der Waals surface area contributed by atoms with Gasteiger partial charge in [0.25, 0.3) is 0 Å². The van der Waals surface area contributed by atoms with Crippen molar-refractivity contribution in [2.45, 2.75) is 46.3 Å². The lowest BCUT2D eigenvalue weighted by Gasteiger charge is -2.34. The molecule has 0 radical (unpaired) electrons. The maximum Gasteiger partial charge on any atom is 0.407 e. The number of aromatic nitrogens is 3. The van der Waals surface area contributed by atoms with Crippen LogP contribution in [0.25, 0.3) is 16.1 Å². The van der Waals surface area contributed by atoms with E-state index in [0.29, 0.717) is 31.9 Å². The average molecular weight is 699 g/mol. The van der Waals surface area contributed by atoms with E-state index < -0.39 is 11.7 Å². The van der Waals surface area contributed by atoms with Crippen LogP contribution in [-0.2, 0) is 16.1 Å². The van der Waals surface area contributed by atoms with E-state index in [1.165, 1.54) is 0 Å². The molecule has 4 heterocycles. The second-order valence-electron chi connectivity index (χ2n) is 12.0. The van der Waals surface area contributed by atoms with E-state index in [0.717, 1.165) is 70.3 Å². The van der Waals surface area contributed by atoms with Crippen molar-refractivity contribution in [2.75, 3.05) is 51.2 Å². The van der Waals surface area contributed by atoms with Gasteiger partial charge in [0.1, 0.15) is 23.6 Å². The molecule has 45 heavy (non-hydrogen) atoms. The molecule has 0 aliphatic carbocycles. The van der Waals surface area contributed by atoms with Gasteiger partial charge in [-0.15, -0.1) is 11.3 Å². The number of piperazine rings is 1. The third kappa shape index (κ3) is 9.49. The number of nitrogens with zero attached hydrogens (tertiary/aromatic N) is 5. The second kappa shape index (κ2) is 14.7. The number of carbonyl (C=O) groups is 2. The maximum atomic E-state index is 12.6. The summed E-state index contributed by atoms with van der Waals surface area (Å²) >= 11 is 5.05. The van der Waals surface area contributed by atoms with Crippen LogP contribution >= 0.6 is 27.3 Å². The van der Waals surface area contributed by atoms with Gasteiger partial charge in [0.15, 0.2) is 5.82 Å². The summed E-state index contributed by atoms with van der Waals surface area (Å²) in [6.07, 6.45) is 3.67. The number of aryl methyl sites for hydroxylation is 1. The van der Waals surface area contributed by atoms with Crippen LogP contribution in [0.1, 0.15) is 38.4 Å². The molecular weight excluding hydrogens is 658 g/mol. The number of pyridine rings is 1. The molecule has 5 rings (SSSR count). The van der Waals surface area contributed by atoms with Gasteiger partial charge in [-0.3, -0.25) is 9.69 Å². The Morgan fingerprint density at radius 1 is 1.04 bits per heavy atom. The third-order valence-electron chi connectivity index (χ3n) is 7.36. The highest BCUT2D eigenvalue weighted by molar-refractivity contribution is 9.10. The van der Waals surface area contributed by atoms with Crippen molar-refractivity contribution in [3.8, 4) is 16.2 Å². The Hall–Kier alpha value is -3.52. The molecule has 3 aromatic heterocycles. The number of carbonyl (C=O) groups excluding carboxylic acids is 2. The molecule has 240 valence electrons. The number of anilines is 1. The number of imidazole rings is 1. The van der Waals surface area contributed by atoms with E-state index in [1.54, 1.807) is 11.3 Å². The highest BCUT2D eigenvalue weighted by Gasteiger charge is 2.20. The molecule has 1 aliphatic rings. The minimum atomic E-state index is -0.568. The summed E-state index contributed by atoms with van der Waals surface area (Å²) in [6.45, 7) is 13.4. The summed E-state index contributed by atoms with van der Waals surface area (Å²) in [5.74, 6) is 1.25. The lowest BCUT2D eigenvalue weighted by Crippen LogP contribution is -2.48. The SMILES string of the molecule is Cc1ncsc1-c1ccc(CNC(=O)OC(C)(C)C)c(OCCN2CCN(CCC(=O)Nc3cn4cc(Br)ccc4n3)CC2)c1. The summed E-state index contributed by atoms with van der Waals surface area (Å²) in [5, 5.41) is 5.76. The Morgan fingerprint density at radius 3 is 2.51 bits per heavy atom. The molecule has 0 spiro atoms. The predicted molar refractivity (Wildman–Crippen MR) is 180 cm³/mol. The first-order valence-corrected chi connectivity index (χ1v) is 16.7. The van der Waals surface area contributed by atoms with E-state index in [1.807, 2.05) is 80.3 Å². The normalized spacial score (nSPS) is 14.4. The fourth-order valence-electron chi connectivity index (χ4n) is 5.05. The Balaban J connectivity index is 1.08. The number of ether oxygens (including phenoxy) is 2.